The molecular formula is C27H22BrN3O3S. The molecular weight excluding hydrogens is 526 g/mol. The number of anilines is 2. The Morgan fingerprint density at radius 2 is 1.54 bits per heavy atom. The molecule has 0 fully saturated rings. The summed E-state index contributed by atoms with van der Waals surface area (Å²) in [4.78, 5) is 25.4. The molecule has 0 heterocycles. The monoisotopic (exact) mass is 547 g/mol. The van der Waals surface area contributed by atoms with Crippen molar-refractivity contribution in [2.75, 3.05) is 17.7 Å². The lowest BCUT2D eigenvalue weighted by atomic mass is 10.1. The molecule has 4 aromatic rings. The highest BCUT2D eigenvalue weighted by Crippen LogP contribution is 2.36. The minimum absolute atomic E-state index is 0.137. The van der Waals surface area contributed by atoms with Crippen LogP contribution in [0.5, 0.6) is 5.75 Å². The summed E-state index contributed by atoms with van der Waals surface area (Å²) in [6.07, 6.45) is 0. The highest BCUT2D eigenvalue weighted by Gasteiger charge is 2.19. The predicted molar refractivity (Wildman–Crippen MR) is 147 cm³/mol. The first kappa shape index (κ1) is 24.4. The quantitative estimate of drug-likeness (QED) is 0.255. The number of carbonyl (C=O) groups excluding carboxylic acids is 2. The number of aryl methyl sites for hydroxylation is 1. The topological polar surface area (TPSA) is 79.5 Å². The zero-order valence-electron chi connectivity index (χ0n) is 19.0. The molecule has 3 N–H and O–H groups in total. The fourth-order valence-corrected chi connectivity index (χ4v) is 4.56. The van der Waals surface area contributed by atoms with Crippen molar-refractivity contribution in [1.82, 2.24) is 5.32 Å². The van der Waals surface area contributed by atoms with Crippen molar-refractivity contribution in [2.45, 2.75) is 6.92 Å². The molecule has 0 aliphatic heterocycles. The molecule has 8 heteroatoms. The van der Waals surface area contributed by atoms with Crippen molar-refractivity contribution in [1.29, 1.82) is 0 Å². The summed E-state index contributed by atoms with van der Waals surface area (Å²) in [5.41, 5.74) is 3.27. The van der Waals surface area contributed by atoms with Crippen LogP contribution in [0.2, 0.25) is 0 Å². The van der Waals surface area contributed by atoms with E-state index in [0.29, 0.717) is 32.7 Å². The van der Waals surface area contributed by atoms with Crippen LogP contribution in [0.1, 0.15) is 26.3 Å². The fourth-order valence-electron chi connectivity index (χ4n) is 3.61. The molecule has 0 bridgehead atoms. The number of fused-ring (bicyclic) bond motifs is 1. The second kappa shape index (κ2) is 10.7. The van der Waals surface area contributed by atoms with Crippen molar-refractivity contribution < 1.29 is 14.3 Å². The summed E-state index contributed by atoms with van der Waals surface area (Å²) >= 11 is 8.87. The van der Waals surface area contributed by atoms with Crippen molar-refractivity contribution in [3.05, 3.63) is 100 Å². The largest absolute Gasteiger partial charge is 0.495 e. The minimum atomic E-state index is -0.396. The molecule has 0 radical (unpaired) electrons. The van der Waals surface area contributed by atoms with E-state index < -0.39 is 5.91 Å². The van der Waals surface area contributed by atoms with Crippen molar-refractivity contribution >= 4 is 67.2 Å². The molecule has 0 saturated carbocycles. The first-order chi connectivity index (χ1) is 16.9. The summed E-state index contributed by atoms with van der Waals surface area (Å²) in [6.45, 7) is 1.94. The Bertz CT molecular complexity index is 1440. The van der Waals surface area contributed by atoms with E-state index in [1.54, 1.807) is 36.4 Å². The van der Waals surface area contributed by atoms with Gasteiger partial charge in [0.1, 0.15) is 5.75 Å². The summed E-state index contributed by atoms with van der Waals surface area (Å²) < 4.78 is 6.18. The number of thiocarbonyl (C=S) groups is 1. The Kier molecular flexibility index (Phi) is 7.43. The van der Waals surface area contributed by atoms with Crippen LogP contribution in [0.3, 0.4) is 0 Å². The molecule has 35 heavy (non-hydrogen) atoms. The maximum absolute atomic E-state index is 13.0. The van der Waals surface area contributed by atoms with Gasteiger partial charge in [0, 0.05) is 16.9 Å². The summed E-state index contributed by atoms with van der Waals surface area (Å²) in [6, 6.07) is 23.9. The number of hydrogen-bond donors (Lipinski definition) is 3. The van der Waals surface area contributed by atoms with Gasteiger partial charge in [-0.1, -0.05) is 42.0 Å². The molecule has 0 aliphatic carbocycles. The average Bonchev–Trinajstić information content (AvgIpc) is 2.85. The maximum Gasteiger partial charge on any atom is 0.261 e. The number of benzene rings is 4. The number of carbonyl (C=O) groups is 2. The molecule has 176 valence electrons. The first-order valence-electron chi connectivity index (χ1n) is 10.7. The van der Waals surface area contributed by atoms with Gasteiger partial charge in [-0.15, -0.1) is 0 Å². The van der Waals surface area contributed by atoms with Gasteiger partial charge in [0.15, 0.2) is 5.11 Å². The fraction of sp³-hybridized carbons (Fsp3) is 0.0741. The highest BCUT2D eigenvalue weighted by atomic mass is 79.9. The third-order valence-corrected chi connectivity index (χ3v) is 6.29. The highest BCUT2D eigenvalue weighted by molar-refractivity contribution is 9.10. The molecule has 0 unspecified atom stereocenters. The molecule has 4 rings (SSSR count). The Morgan fingerprint density at radius 3 is 2.23 bits per heavy atom. The van der Waals surface area contributed by atoms with Gasteiger partial charge < -0.3 is 15.4 Å². The van der Waals surface area contributed by atoms with Crippen molar-refractivity contribution in [2.24, 2.45) is 0 Å². The van der Waals surface area contributed by atoms with Crippen LogP contribution in [0.15, 0.2) is 83.3 Å². The van der Waals surface area contributed by atoms with E-state index in [-0.39, 0.29) is 11.0 Å². The number of rotatable bonds is 5. The second-order valence-electron chi connectivity index (χ2n) is 7.80. The number of hydrogen-bond acceptors (Lipinski definition) is 4. The number of ether oxygens (including phenoxy) is 1. The molecule has 2 amide bonds. The lowest BCUT2D eigenvalue weighted by Gasteiger charge is -2.15. The number of halogens is 1. The Labute approximate surface area is 216 Å². The zero-order chi connectivity index (χ0) is 24.9. The van der Waals surface area contributed by atoms with E-state index in [1.807, 2.05) is 49.4 Å². The Balaban J connectivity index is 1.41. The SMILES string of the molecule is COc1c(C(=O)NC(=S)Nc2ccc(NC(=O)c3cccc(C)c3)cc2)cc2ccccc2c1Br. The van der Waals surface area contributed by atoms with Gasteiger partial charge in [0.05, 0.1) is 17.1 Å². The number of nitrogens with one attached hydrogen (secondary N) is 3. The van der Waals surface area contributed by atoms with Crippen LogP contribution in [0.4, 0.5) is 11.4 Å². The molecule has 6 nitrogen and oxygen atoms in total. The van der Waals surface area contributed by atoms with Crippen LogP contribution >= 0.6 is 28.1 Å². The Hall–Kier alpha value is -3.75. The first-order valence-corrected chi connectivity index (χ1v) is 11.9. The minimum Gasteiger partial charge on any atom is -0.495 e. The van der Waals surface area contributed by atoms with Crippen LogP contribution in [0.25, 0.3) is 10.8 Å². The average molecular weight is 548 g/mol. The van der Waals surface area contributed by atoms with Crippen LogP contribution in [0, 0.1) is 6.92 Å². The number of methoxy groups -OCH3 is 1. The molecule has 4 aromatic carbocycles. The van der Waals surface area contributed by atoms with Gasteiger partial charge in [0.25, 0.3) is 11.8 Å². The Morgan fingerprint density at radius 1 is 0.857 bits per heavy atom. The van der Waals surface area contributed by atoms with Gasteiger partial charge in [-0.3, -0.25) is 14.9 Å². The van der Waals surface area contributed by atoms with E-state index in [0.717, 1.165) is 16.3 Å². The molecule has 0 spiro atoms. The summed E-state index contributed by atoms with van der Waals surface area (Å²) in [5.74, 6) is -0.154. The number of amides is 2. The van der Waals surface area contributed by atoms with E-state index >= 15 is 0 Å². The van der Waals surface area contributed by atoms with Crippen molar-refractivity contribution in [3.63, 3.8) is 0 Å². The molecule has 0 aromatic heterocycles. The van der Waals surface area contributed by atoms with E-state index in [1.165, 1.54) is 7.11 Å². The van der Waals surface area contributed by atoms with E-state index in [4.69, 9.17) is 17.0 Å². The predicted octanol–water partition coefficient (Wildman–Crippen LogP) is 6.30. The summed E-state index contributed by atoms with van der Waals surface area (Å²) in [5, 5.41) is 10.5. The zero-order valence-corrected chi connectivity index (χ0v) is 21.4. The van der Waals surface area contributed by atoms with Crippen LogP contribution in [-0.4, -0.2) is 24.0 Å². The van der Waals surface area contributed by atoms with Gasteiger partial charge >= 0.3 is 0 Å². The van der Waals surface area contributed by atoms with Gasteiger partial charge in [-0.05, 0) is 88.3 Å². The molecule has 0 atom stereocenters. The third-order valence-electron chi connectivity index (χ3n) is 5.30. The van der Waals surface area contributed by atoms with Gasteiger partial charge in [-0.25, -0.2) is 0 Å². The lowest BCUT2D eigenvalue weighted by Crippen LogP contribution is -2.34. The lowest BCUT2D eigenvalue weighted by molar-refractivity contribution is 0.0973. The van der Waals surface area contributed by atoms with E-state index in [9.17, 15) is 9.59 Å². The van der Waals surface area contributed by atoms with Gasteiger partial charge in [0.2, 0.25) is 0 Å². The standard InChI is InChI=1S/C27H22BrN3O3S/c1-16-6-5-8-18(14-16)25(32)29-19-10-12-20(13-11-19)30-27(35)31-26(33)22-15-17-7-3-4-9-21(17)23(28)24(22)34-2/h3-15H,1-2H3,(H,29,32)(H2,30,31,33,35). The second-order valence-corrected chi connectivity index (χ2v) is 9.00. The third kappa shape index (κ3) is 5.67. The molecule has 0 saturated heterocycles. The van der Waals surface area contributed by atoms with Gasteiger partial charge in [-0.2, -0.15) is 0 Å². The van der Waals surface area contributed by atoms with Crippen LogP contribution in [-0.2, 0) is 0 Å². The van der Waals surface area contributed by atoms with Crippen molar-refractivity contribution in [3.8, 4) is 5.75 Å². The van der Waals surface area contributed by atoms with Crippen LogP contribution < -0.4 is 20.7 Å². The molecule has 0 aliphatic rings. The normalized spacial score (nSPS) is 10.5. The smallest absolute Gasteiger partial charge is 0.261 e. The summed E-state index contributed by atoms with van der Waals surface area (Å²) in [7, 11) is 1.52. The maximum atomic E-state index is 13.0. The van der Waals surface area contributed by atoms with E-state index in [2.05, 4.69) is 31.9 Å².